The molecule has 1 unspecified atom stereocenters. The lowest BCUT2D eigenvalue weighted by Gasteiger charge is -2.11. The van der Waals surface area contributed by atoms with Crippen LogP contribution in [0.3, 0.4) is 0 Å². The molecular weight excluding hydrogens is 266 g/mol. The van der Waals surface area contributed by atoms with Crippen LogP contribution in [0.25, 0.3) is 0 Å². The fourth-order valence-electron chi connectivity index (χ4n) is 1.66. The first-order valence-corrected chi connectivity index (χ1v) is 5.97. The van der Waals surface area contributed by atoms with Crippen molar-refractivity contribution in [2.75, 3.05) is 0 Å². The van der Waals surface area contributed by atoms with Gasteiger partial charge >= 0.3 is 0 Å². The Morgan fingerprint density at radius 2 is 2.25 bits per heavy atom. The third-order valence-electron chi connectivity index (χ3n) is 2.45. The van der Waals surface area contributed by atoms with Gasteiger partial charge in [0.25, 0.3) is 0 Å². The van der Waals surface area contributed by atoms with E-state index in [-0.39, 0.29) is 6.04 Å². The molecule has 4 heteroatoms. The summed E-state index contributed by atoms with van der Waals surface area (Å²) in [5.41, 5.74) is 8.05. The molecule has 2 aromatic rings. The second kappa shape index (κ2) is 4.80. The number of hydrogen-bond acceptors (Lipinski definition) is 2. The minimum atomic E-state index is 0.0467. The highest BCUT2D eigenvalue weighted by atomic mass is 79.9. The fraction of sp³-hybridized carbons (Fsp3) is 0.250. The highest BCUT2D eigenvalue weighted by Crippen LogP contribution is 2.13. The quantitative estimate of drug-likeness (QED) is 0.939. The van der Waals surface area contributed by atoms with Crippen LogP contribution in [0.4, 0.5) is 0 Å². The molecule has 0 fully saturated rings. The molecular formula is C12H14BrN3. The average molecular weight is 280 g/mol. The predicted molar refractivity (Wildman–Crippen MR) is 68.1 cm³/mol. The van der Waals surface area contributed by atoms with Gasteiger partial charge in [0.2, 0.25) is 0 Å². The third-order valence-corrected chi connectivity index (χ3v) is 2.92. The standard InChI is InChI=1S/C12H14BrN3/c1-9(14)12-3-2-6-16(12)8-11-5-4-10(13)7-15-11/h2-7,9H,8,14H2,1H3. The van der Waals surface area contributed by atoms with Gasteiger partial charge in [-0.25, -0.2) is 0 Å². The first-order valence-electron chi connectivity index (χ1n) is 5.18. The van der Waals surface area contributed by atoms with Crippen molar-refractivity contribution in [1.82, 2.24) is 9.55 Å². The summed E-state index contributed by atoms with van der Waals surface area (Å²) in [4.78, 5) is 4.35. The largest absolute Gasteiger partial charge is 0.344 e. The molecule has 0 aliphatic heterocycles. The summed E-state index contributed by atoms with van der Waals surface area (Å²) in [6, 6.07) is 8.11. The normalized spacial score (nSPS) is 12.7. The van der Waals surface area contributed by atoms with Crippen LogP contribution >= 0.6 is 15.9 Å². The Labute approximate surface area is 103 Å². The Bertz CT molecular complexity index is 459. The molecule has 0 radical (unpaired) electrons. The van der Waals surface area contributed by atoms with Crippen LogP contribution < -0.4 is 5.73 Å². The van der Waals surface area contributed by atoms with Gasteiger partial charge < -0.3 is 10.3 Å². The van der Waals surface area contributed by atoms with Crippen LogP contribution in [0.2, 0.25) is 0 Å². The van der Waals surface area contributed by atoms with Gasteiger partial charge in [0.15, 0.2) is 0 Å². The Balaban J connectivity index is 2.20. The molecule has 2 rings (SSSR count). The zero-order chi connectivity index (χ0) is 11.5. The summed E-state index contributed by atoms with van der Waals surface area (Å²) in [7, 11) is 0. The second-order valence-electron chi connectivity index (χ2n) is 3.82. The van der Waals surface area contributed by atoms with Gasteiger partial charge in [-0.05, 0) is 47.1 Å². The molecule has 3 nitrogen and oxygen atoms in total. The Morgan fingerprint density at radius 3 is 2.88 bits per heavy atom. The van der Waals surface area contributed by atoms with Crippen molar-refractivity contribution in [3.05, 3.63) is 52.5 Å². The number of rotatable bonds is 3. The number of hydrogen-bond donors (Lipinski definition) is 1. The maximum absolute atomic E-state index is 5.89. The number of nitrogens with two attached hydrogens (primary N) is 1. The van der Waals surface area contributed by atoms with E-state index >= 15 is 0 Å². The average Bonchev–Trinajstić information content (AvgIpc) is 2.69. The monoisotopic (exact) mass is 279 g/mol. The van der Waals surface area contributed by atoms with Crippen LogP contribution in [-0.2, 0) is 6.54 Å². The van der Waals surface area contributed by atoms with Gasteiger partial charge in [0, 0.05) is 28.6 Å². The molecule has 0 saturated heterocycles. The van der Waals surface area contributed by atoms with E-state index < -0.39 is 0 Å². The summed E-state index contributed by atoms with van der Waals surface area (Å²) in [6.07, 6.45) is 3.84. The van der Waals surface area contributed by atoms with Crippen molar-refractivity contribution in [3.63, 3.8) is 0 Å². The maximum Gasteiger partial charge on any atom is 0.0645 e. The molecule has 2 aromatic heterocycles. The first-order chi connectivity index (χ1) is 7.66. The summed E-state index contributed by atoms with van der Waals surface area (Å²) in [6.45, 7) is 2.75. The summed E-state index contributed by atoms with van der Waals surface area (Å²) in [5, 5.41) is 0. The van der Waals surface area contributed by atoms with Crippen molar-refractivity contribution in [1.29, 1.82) is 0 Å². The molecule has 0 bridgehead atoms. The van der Waals surface area contributed by atoms with E-state index in [1.54, 1.807) is 0 Å². The van der Waals surface area contributed by atoms with E-state index in [9.17, 15) is 0 Å². The molecule has 84 valence electrons. The van der Waals surface area contributed by atoms with E-state index in [0.29, 0.717) is 0 Å². The van der Waals surface area contributed by atoms with Gasteiger partial charge in [0.05, 0.1) is 12.2 Å². The Kier molecular flexibility index (Phi) is 3.41. The summed E-state index contributed by atoms with van der Waals surface area (Å²) < 4.78 is 3.12. The first kappa shape index (κ1) is 11.4. The molecule has 0 saturated carbocycles. The lowest BCUT2D eigenvalue weighted by molar-refractivity contribution is 0.667. The minimum Gasteiger partial charge on any atom is -0.344 e. The Hall–Kier alpha value is -1.13. The molecule has 0 aliphatic rings. The molecule has 16 heavy (non-hydrogen) atoms. The SMILES string of the molecule is CC(N)c1cccn1Cc1ccc(Br)cn1. The Morgan fingerprint density at radius 1 is 1.44 bits per heavy atom. The highest BCUT2D eigenvalue weighted by Gasteiger charge is 2.06. The summed E-state index contributed by atoms with van der Waals surface area (Å²) >= 11 is 3.37. The molecule has 0 amide bonds. The lowest BCUT2D eigenvalue weighted by Crippen LogP contribution is -2.12. The fourth-order valence-corrected chi connectivity index (χ4v) is 1.89. The highest BCUT2D eigenvalue weighted by molar-refractivity contribution is 9.10. The van der Waals surface area contributed by atoms with E-state index in [2.05, 4.69) is 25.5 Å². The van der Waals surface area contributed by atoms with Gasteiger partial charge in [-0.1, -0.05) is 0 Å². The van der Waals surface area contributed by atoms with E-state index in [4.69, 9.17) is 5.73 Å². The topological polar surface area (TPSA) is 43.8 Å². The predicted octanol–water partition coefficient (Wildman–Crippen LogP) is 2.71. The van der Waals surface area contributed by atoms with Gasteiger partial charge in [-0.15, -0.1) is 0 Å². The van der Waals surface area contributed by atoms with E-state index in [0.717, 1.165) is 22.4 Å². The van der Waals surface area contributed by atoms with Crippen LogP contribution in [0, 0.1) is 0 Å². The van der Waals surface area contributed by atoms with E-state index in [1.807, 2.05) is 43.6 Å². The molecule has 2 heterocycles. The van der Waals surface area contributed by atoms with Crippen molar-refractivity contribution < 1.29 is 0 Å². The summed E-state index contributed by atoms with van der Waals surface area (Å²) in [5.74, 6) is 0. The van der Waals surface area contributed by atoms with Gasteiger partial charge in [0.1, 0.15) is 0 Å². The molecule has 0 aromatic carbocycles. The van der Waals surface area contributed by atoms with Crippen LogP contribution in [0.1, 0.15) is 24.4 Å². The van der Waals surface area contributed by atoms with Crippen molar-refractivity contribution in [2.45, 2.75) is 19.5 Å². The van der Waals surface area contributed by atoms with Gasteiger partial charge in [-0.3, -0.25) is 4.98 Å². The number of pyridine rings is 1. The van der Waals surface area contributed by atoms with Crippen LogP contribution in [-0.4, -0.2) is 9.55 Å². The van der Waals surface area contributed by atoms with E-state index in [1.165, 1.54) is 0 Å². The van der Waals surface area contributed by atoms with Crippen LogP contribution in [0.15, 0.2) is 41.1 Å². The van der Waals surface area contributed by atoms with Crippen LogP contribution in [0.5, 0.6) is 0 Å². The molecule has 2 N–H and O–H groups in total. The minimum absolute atomic E-state index is 0.0467. The zero-order valence-electron chi connectivity index (χ0n) is 9.10. The number of halogens is 1. The van der Waals surface area contributed by atoms with Gasteiger partial charge in [-0.2, -0.15) is 0 Å². The molecule has 0 aliphatic carbocycles. The maximum atomic E-state index is 5.89. The number of nitrogens with zero attached hydrogens (tertiary/aromatic N) is 2. The van der Waals surface area contributed by atoms with Crippen molar-refractivity contribution in [2.24, 2.45) is 5.73 Å². The smallest absolute Gasteiger partial charge is 0.0645 e. The molecule has 1 atom stereocenters. The number of aromatic nitrogens is 2. The van der Waals surface area contributed by atoms with Crippen molar-refractivity contribution in [3.8, 4) is 0 Å². The zero-order valence-corrected chi connectivity index (χ0v) is 10.7. The molecule has 0 spiro atoms. The second-order valence-corrected chi connectivity index (χ2v) is 4.73. The third kappa shape index (κ3) is 2.51. The lowest BCUT2D eigenvalue weighted by atomic mass is 10.2. The van der Waals surface area contributed by atoms with Crippen molar-refractivity contribution >= 4 is 15.9 Å².